The Labute approximate surface area is 172 Å². The van der Waals surface area contributed by atoms with Crippen LogP contribution in [0.3, 0.4) is 0 Å². The Bertz CT molecular complexity index is 834. The highest BCUT2D eigenvalue weighted by atomic mass is 16.2. The number of rotatable bonds is 3. The van der Waals surface area contributed by atoms with Gasteiger partial charge in [-0.25, -0.2) is 0 Å². The third kappa shape index (κ3) is 3.70. The van der Waals surface area contributed by atoms with Gasteiger partial charge in [-0.3, -0.25) is 4.79 Å². The van der Waals surface area contributed by atoms with Crippen molar-refractivity contribution in [3.05, 3.63) is 36.2 Å². The first kappa shape index (κ1) is 18.8. The number of aromatic nitrogens is 3. The fraction of sp³-hybridized carbons (Fsp3) is 0.609. The van der Waals surface area contributed by atoms with Gasteiger partial charge in [-0.15, -0.1) is 10.2 Å². The van der Waals surface area contributed by atoms with E-state index >= 15 is 0 Å². The average molecular weight is 394 g/mol. The lowest BCUT2D eigenvalue weighted by molar-refractivity contribution is -0.135. The maximum Gasteiger partial charge on any atom is 0.233 e. The second-order valence-corrected chi connectivity index (χ2v) is 8.75. The molecule has 0 aliphatic carbocycles. The van der Waals surface area contributed by atoms with Crippen LogP contribution in [0.1, 0.15) is 56.7 Å². The van der Waals surface area contributed by atoms with Gasteiger partial charge in [0, 0.05) is 31.2 Å². The molecular weight excluding hydrogens is 362 g/mol. The highest BCUT2D eigenvalue weighted by Gasteiger charge is 2.36. The van der Waals surface area contributed by atoms with Crippen molar-refractivity contribution >= 4 is 5.91 Å². The van der Waals surface area contributed by atoms with Crippen LogP contribution in [0.4, 0.5) is 0 Å². The first-order valence-corrected chi connectivity index (χ1v) is 11.3. The molecule has 3 aliphatic heterocycles. The number of carbonyl (C=O) groups is 1. The van der Waals surface area contributed by atoms with Crippen molar-refractivity contribution in [3.63, 3.8) is 0 Å². The molecule has 2 aromatic rings. The van der Waals surface area contributed by atoms with Crippen molar-refractivity contribution in [1.82, 2.24) is 24.6 Å². The van der Waals surface area contributed by atoms with E-state index in [4.69, 9.17) is 0 Å². The highest BCUT2D eigenvalue weighted by Crippen LogP contribution is 2.32. The number of hydrogen-bond donors (Lipinski definition) is 0. The maximum atomic E-state index is 13.4. The summed E-state index contributed by atoms with van der Waals surface area (Å²) in [6.45, 7) is 5.15. The maximum absolute atomic E-state index is 13.4. The number of likely N-dealkylation sites (tertiary alicyclic amines) is 2. The van der Waals surface area contributed by atoms with Crippen molar-refractivity contribution < 1.29 is 4.79 Å². The number of benzene rings is 1. The van der Waals surface area contributed by atoms with Gasteiger partial charge < -0.3 is 14.4 Å². The van der Waals surface area contributed by atoms with E-state index in [0.717, 1.165) is 62.5 Å². The second-order valence-electron chi connectivity index (χ2n) is 8.75. The Balaban J connectivity index is 1.28. The average Bonchev–Trinajstić information content (AvgIpc) is 3.24. The van der Waals surface area contributed by atoms with Crippen LogP contribution in [-0.4, -0.2) is 62.7 Å². The van der Waals surface area contributed by atoms with Crippen molar-refractivity contribution in [2.45, 2.75) is 63.5 Å². The molecule has 0 radical (unpaired) electrons. The molecule has 1 unspecified atom stereocenters. The van der Waals surface area contributed by atoms with Gasteiger partial charge in [0.1, 0.15) is 5.82 Å². The van der Waals surface area contributed by atoms with Crippen molar-refractivity contribution in [1.29, 1.82) is 0 Å². The SMILES string of the molecule is O=C(C1CCCn2c(-c3ccccc3)nnc21)N1CCC(N2CCCCC2)CC1. The lowest BCUT2D eigenvalue weighted by atomic mass is 9.94. The van der Waals surface area contributed by atoms with E-state index in [2.05, 4.69) is 36.7 Å². The molecule has 0 N–H and O–H groups in total. The number of carbonyl (C=O) groups excluding carboxylic acids is 1. The topological polar surface area (TPSA) is 54.3 Å². The Morgan fingerprint density at radius 3 is 2.34 bits per heavy atom. The molecule has 0 spiro atoms. The van der Waals surface area contributed by atoms with Crippen LogP contribution in [0, 0.1) is 0 Å². The summed E-state index contributed by atoms with van der Waals surface area (Å²) in [7, 11) is 0. The fourth-order valence-electron chi connectivity index (χ4n) is 5.37. The summed E-state index contributed by atoms with van der Waals surface area (Å²) in [5, 5.41) is 8.93. The summed E-state index contributed by atoms with van der Waals surface area (Å²) in [5.41, 5.74) is 1.07. The van der Waals surface area contributed by atoms with E-state index in [1.807, 2.05) is 18.2 Å². The molecule has 4 heterocycles. The largest absolute Gasteiger partial charge is 0.342 e. The zero-order chi connectivity index (χ0) is 19.6. The summed E-state index contributed by atoms with van der Waals surface area (Å²) >= 11 is 0. The summed E-state index contributed by atoms with van der Waals surface area (Å²) in [6, 6.07) is 10.8. The highest BCUT2D eigenvalue weighted by molar-refractivity contribution is 5.83. The molecule has 2 fully saturated rings. The Morgan fingerprint density at radius 2 is 1.59 bits per heavy atom. The predicted octanol–water partition coefficient (Wildman–Crippen LogP) is 3.30. The van der Waals surface area contributed by atoms with Gasteiger partial charge in [0.05, 0.1) is 5.92 Å². The van der Waals surface area contributed by atoms with E-state index < -0.39 is 0 Å². The first-order chi connectivity index (χ1) is 14.3. The van der Waals surface area contributed by atoms with E-state index in [0.29, 0.717) is 6.04 Å². The van der Waals surface area contributed by atoms with Crippen LogP contribution in [0.25, 0.3) is 11.4 Å². The van der Waals surface area contributed by atoms with Gasteiger partial charge in [0.2, 0.25) is 5.91 Å². The van der Waals surface area contributed by atoms with Gasteiger partial charge >= 0.3 is 0 Å². The zero-order valence-corrected chi connectivity index (χ0v) is 17.2. The second kappa shape index (κ2) is 8.27. The lowest BCUT2D eigenvalue weighted by Gasteiger charge is -2.41. The van der Waals surface area contributed by atoms with Crippen molar-refractivity contribution in [3.8, 4) is 11.4 Å². The zero-order valence-electron chi connectivity index (χ0n) is 17.2. The van der Waals surface area contributed by atoms with Crippen LogP contribution >= 0.6 is 0 Å². The van der Waals surface area contributed by atoms with Gasteiger partial charge in [-0.1, -0.05) is 36.8 Å². The Hall–Kier alpha value is -2.21. The van der Waals surface area contributed by atoms with Gasteiger partial charge in [-0.05, 0) is 51.6 Å². The minimum atomic E-state index is -0.139. The minimum absolute atomic E-state index is 0.139. The molecule has 154 valence electrons. The molecule has 1 atom stereocenters. The molecule has 6 nitrogen and oxygen atoms in total. The molecule has 29 heavy (non-hydrogen) atoms. The quantitative estimate of drug-likeness (QED) is 0.803. The number of fused-ring (bicyclic) bond motifs is 1. The van der Waals surface area contributed by atoms with Gasteiger partial charge in [-0.2, -0.15) is 0 Å². The molecule has 2 saturated heterocycles. The van der Waals surface area contributed by atoms with Crippen molar-refractivity contribution in [2.24, 2.45) is 0 Å². The number of hydrogen-bond acceptors (Lipinski definition) is 4. The van der Waals surface area contributed by atoms with E-state index in [1.54, 1.807) is 0 Å². The summed E-state index contributed by atoms with van der Waals surface area (Å²) in [6.07, 6.45) is 8.16. The molecule has 3 aliphatic rings. The molecule has 1 aromatic heterocycles. The molecule has 6 heteroatoms. The number of piperidine rings is 2. The molecule has 1 aromatic carbocycles. The third-order valence-electron chi connectivity index (χ3n) is 6.98. The smallest absolute Gasteiger partial charge is 0.233 e. The molecule has 0 saturated carbocycles. The summed E-state index contributed by atoms with van der Waals surface area (Å²) < 4.78 is 2.17. The fourth-order valence-corrected chi connectivity index (χ4v) is 5.37. The predicted molar refractivity (Wildman–Crippen MR) is 112 cm³/mol. The van der Waals surface area contributed by atoms with Gasteiger partial charge in [0.25, 0.3) is 0 Å². The number of nitrogens with zero attached hydrogens (tertiary/aromatic N) is 5. The number of amides is 1. The normalized spacial score (nSPS) is 23.7. The van der Waals surface area contributed by atoms with Crippen LogP contribution in [-0.2, 0) is 11.3 Å². The third-order valence-corrected chi connectivity index (χ3v) is 6.98. The van der Waals surface area contributed by atoms with Crippen LogP contribution in [0.15, 0.2) is 30.3 Å². The standard InChI is InChI=1S/C23H31N5O/c29-23(27-16-11-19(12-17-27)26-13-5-2-6-14-26)20-10-7-15-28-21(24-25-22(20)28)18-8-3-1-4-9-18/h1,3-4,8-9,19-20H,2,5-7,10-17H2. The molecule has 0 bridgehead atoms. The van der Waals surface area contributed by atoms with Crippen molar-refractivity contribution in [2.75, 3.05) is 26.2 Å². The molecule has 5 rings (SSSR count). The molecular formula is C23H31N5O. The summed E-state index contributed by atoms with van der Waals surface area (Å²) in [5.74, 6) is 1.87. The van der Waals surface area contributed by atoms with Crippen LogP contribution in [0.5, 0.6) is 0 Å². The summed E-state index contributed by atoms with van der Waals surface area (Å²) in [4.78, 5) is 18.1. The van der Waals surface area contributed by atoms with Gasteiger partial charge in [0.15, 0.2) is 5.82 Å². The van der Waals surface area contributed by atoms with E-state index in [9.17, 15) is 4.79 Å². The first-order valence-electron chi connectivity index (χ1n) is 11.3. The van der Waals surface area contributed by atoms with E-state index in [1.165, 1.54) is 32.4 Å². The van der Waals surface area contributed by atoms with Crippen LogP contribution < -0.4 is 0 Å². The lowest BCUT2D eigenvalue weighted by Crippen LogP contribution is -2.49. The Morgan fingerprint density at radius 1 is 0.828 bits per heavy atom. The Kier molecular flexibility index (Phi) is 5.36. The van der Waals surface area contributed by atoms with Crippen LogP contribution in [0.2, 0.25) is 0 Å². The van der Waals surface area contributed by atoms with E-state index in [-0.39, 0.29) is 11.8 Å². The molecule has 1 amide bonds. The minimum Gasteiger partial charge on any atom is -0.342 e. The monoisotopic (exact) mass is 393 g/mol.